The van der Waals surface area contributed by atoms with Gasteiger partial charge < -0.3 is 4.74 Å². The molecule has 2 aromatic rings. The molecule has 0 radical (unpaired) electrons. The minimum Gasteiger partial charge on any atom is -0.448 e. The Morgan fingerprint density at radius 1 is 1.11 bits per heavy atom. The summed E-state index contributed by atoms with van der Waals surface area (Å²) in [5.74, 6) is -0.489. The van der Waals surface area contributed by atoms with Crippen LogP contribution in [0.2, 0.25) is 10.0 Å². The Morgan fingerprint density at radius 3 is 2.47 bits per heavy atom. The summed E-state index contributed by atoms with van der Waals surface area (Å²) >= 11 is 11.5. The van der Waals surface area contributed by atoms with E-state index < -0.39 is 10.7 Å². The number of benzene rings is 2. The molecule has 19 heavy (non-hydrogen) atoms. The van der Waals surface area contributed by atoms with Gasteiger partial charge in [-0.25, -0.2) is 4.39 Å². The number of para-hydroxylation sites is 1. The lowest BCUT2D eigenvalue weighted by Crippen LogP contribution is -1.94. The topological polar surface area (TPSA) is 52.4 Å². The van der Waals surface area contributed by atoms with E-state index in [0.717, 1.165) is 12.1 Å². The van der Waals surface area contributed by atoms with Crippen LogP contribution in [0.3, 0.4) is 0 Å². The molecule has 0 amide bonds. The highest BCUT2D eigenvalue weighted by molar-refractivity contribution is 6.33. The molecular weight excluding hydrogens is 296 g/mol. The summed E-state index contributed by atoms with van der Waals surface area (Å²) in [5.41, 5.74) is -0.371. The first-order valence-electron chi connectivity index (χ1n) is 5.05. The SMILES string of the molecule is O=[N+]([O-])c1c(Cl)cccc1Oc1ccc(F)cc1Cl. The van der Waals surface area contributed by atoms with Crippen molar-refractivity contribution in [1.29, 1.82) is 0 Å². The van der Waals surface area contributed by atoms with Gasteiger partial charge in [0.15, 0.2) is 0 Å². The van der Waals surface area contributed by atoms with Crippen molar-refractivity contribution in [2.24, 2.45) is 0 Å². The van der Waals surface area contributed by atoms with Gasteiger partial charge in [-0.05, 0) is 30.3 Å². The molecule has 0 unspecified atom stereocenters. The van der Waals surface area contributed by atoms with Gasteiger partial charge in [0.2, 0.25) is 5.75 Å². The minimum atomic E-state index is -0.658. The first kappa shape index (κ1) is 13.6. The molecule has 0 aromatic heterocycles. The Balaban J connectivity index is 2.44. The third-order valence-corrected chi connectivity index (χ3v) is 2.85. The summed E-state index contributed by atoms with van der Waals surface area (Å²) in [6, 6.07) is 7.72. The standard InChI is InChI=1S/C12H6Cl2FNO3/c13-8-2-1-3-11(12(8)16(17)18)19-10-5-4-7(15)6-9(10)14/h1-6H. The summed E-state index contributed by atoms with van der Waals surface area (Å²) < 4.78 is 18.2. The summed E-state index contributed by atoms with van der Waals surface area (Å²) in [6.07, 6.45) is 0. The van der Waals surface area contributed by atoms with Crippen molar-refractivity contribution >= 4 is 28.9 Å². The maximum absolute atomic E-state index is 12.9. The van der Waals surface area contributed by atoms with Gasteiger partial charge in [-0.2, -0.15) is 0 Å². The van der Waals surface area contributed by atoms with Crippen LogP contribution in [0.15, 0.2) is 36.4 Å². The molecule has 0 aliphatic carbocycles. The summed E-state index contributed by atoms with van der Waals surface area (Å²) in [6.45, 7) is 0. The van der Waals surface area contributed by atoms with Crippen LogP contribution < -0.4 is 4.74 Å². The predicted molar refractivity (Wildman–Crippen MR) is 69.6 cm³/mol. The molecule has 0 heterocycles. The first-order valence-corrected chi connectivity index (χ1v) is 5.80. The predicted octanol–water partition coefficient (Wildman–Crippen LogP) is 4.83. The van der Waals surface area contributed by atoms with Gasteiger partial charge in [-0.1, -0.05) is 29.3 Å². The molecule has 0 bridgehead atoms. The number of rotatable bonds is 3. The van der Waals surface area contributed by atoms with Crippen LogP contribution in [0.5, 0.6) is 11.5 Å². The molecule has 0 atom stereocenters. The Hall–Kier alpha value is -1.85. The van der Waals surface area contributed by atoms with Crippen LogP contribution in [0, 0.1) is 15.9 Å². The fraction of sp³-hybridized carbons (Fsp3) is 0. The summed E-state index contributed by atoms with van der Waals surface area (Å²) in [5, 5.41) is 10.9. The smallest absolute Gasteiger partial charge is 0.329 e. The van der Waals surface area contributed by atoms with Crippen molar-refractivity contribution in [3.63, 3.8) is 0 Å². The Bertz CT molecular complexity index is 649. The van der Waals surface area contributed by atoms with Crippen LogP contribution in [-0.4, -0.2) is 4.92 Å². The van der Waals surface area contributed by atoms with E-state index in [-0.39, 0.29) is 27.2 Å². The molecule has 0 saturated carbocycles. The van der Waals surface area contributed by atoms with Crippen molar-refractivity contribution in [3.05, 3.63) is 62.4 Å². The zero-order valence-electron chi connectivity index (χ0n) is 9.27. The van der Waals surface area contributed by atoms with E-state index >= 15 is 0 Å². The average Bonchev–Trinajstić information content (AvgIpc) is 2.32. The van der Waals surface area contributed by atoms with Crippen molar-refractivity contribution in [2.45, 2.75) is 0 Å². The van der Waals surface area contributed by atoms with Gasteiger partial charge in [0, 0.05) is 0 Å². The van der Waals surface area contributed by atoms with Crippen molar-refractivity contribution < 1.29 is 14.1 Å². The molecule has 0 saturated heterocycles. The van der Waals surface area contributed by atoms with Crippen LogP contribution in [-0.2, 0) is 0 Å². The van der Waals surface area contributed by atoms with Gasteiger partial charge in [-0.3, -0.25) is 10.1 Å². The second-order valence-electron chi connectivity index (χ2n) is 3.52. The maximum atomic E-state index is 12.9. The molecule has 0 aliphatic heterocycles. The third-order valence-electron chi connectivity index (χ3n) is 2.25. The Kier molecular flexibility index (Phi) is 3.87. The van der Waals surface area contributed by atoms with E-state index in [1.54, 1.807) is 0 Å². The molecule has 7 heteroatoms. The fourth-order valence-corrected chi connectivity index (χ4v) is 1.87. The number of hydrogen-bond acceptors (Lipinski definition) is 3. The number of nitro groups is 1. The maximum Gasteiger partial charge on any atom is 0.329 e. The van der Waals surface area contributed by atoms with E-state index in [9.17, 15) is 14.5 Å². The van der Waals surface area contributed by atoms with Crippen molar-refractivity contribution in [3.8, 4) is 11.5 Å². The molecule has 2 rings (SSSR count). The van der Waals surface area contributed by atoms with Crippen LogP contribution in [0.25, 0.3) is 0 Å². The normalized spacial score (nSPS) is 10.3. The minimum absolute atomic E-state index is 0.00859. The number of nitrogens with zero attached hydrogens (tertiary/aromatic N) is 1. The Morgan fingerprint density at radius 2 is 1.84 bits per heavy atom. The second-order valence-corrected chi connectivity index (χ2v) is 4.33. The fourth-order valence-electron chi connectivity index (χ4n) is 1.43. The average molecular weight is 302 g/mol. The van der Waals surface area contributed by atoms with Gasteiger partial charge in [0.25, 0.3) is 0 Å². The molecule has 2 aromatic carbocycles. The summed E-state index contributed by atoms with van der Waals surface area (Å²) in [4.78, 5) is 10.3. The highest BCUT2D eigenvalue weighted by Gasteiger charge is 2.21. The molecular formula is C12H6Cl2FNO3. The van der Waals surface area contributed by atoms with Gasteiger partial charge in [0.1, 0.15) is 16.6 Å². The molecule has 4 nitrogen and oxygen atoms in total. The molecule has 0 aliphatic rings. The third kappa shape index (κ3) is 2.94. The van der Waals surface area contributed by atoms with E-state index in [4.69, 9.17) is 27.9 Å². The van der Waals surface area contributed by atoms with E-state index in [1.165, 1.54) is 24.3 Å². The first-order chi connectivity index (χ1) is 8.99. The van der Waals surface area contributed by atoms with E-state index in [1.807, 2.05) is 0 Å². The highest BCUT2D eigenvalue weighted by atomic mass is 35.5. The second kappa shape index (κ2) is 5.42. The lowest BCUT2D eigenvalue weighted by molar-refractivity contribution is -0.385. The van der Waals surface area contributed by atoms with Crippen LogP contribution in [0.4, 0.5) is 10.1 Å². The van der Waals surface area contributed by atoms with Crippen LogP contribution in [0.1, 0.15) is 0 Å². The quantitative estimate of drug-likeness (QED) is 0.602. The van der Waals surface area contributed by atoms with E-state index in [0.29, 0.717) is 0 Å². The number of nitro benzene ring substituents is 1. The van der Waals surface area contributed by atoms with Crippen molar-refractivity contribution in [1.82, 2.24) is 0 Å². The molecule has 0 fully saturated rings. The lowest BCUT2D eigenvalue weighted by atomic mass is 10.3. The van der Waals surface area contributed by atoms with Crippen LogP contribution >= 0.6 is 23.2 Å². The largest absolute Gasteiger partial charge is 0.448 e. The molecule has 0 spiro atoms. The monoisotopic (exact) mass is 301 g/mol. The highest BCUT2D eigenvalue weighted by Crippen LogP contribution is 2.38. The molecule has 0 N–H and O–H groups in total. The van der Waals surface area contributed by atoms with Crippen molar-refractivity contribution in [2.75, 3.05) is 0 Å². The Labute approximate surface area is 117 Å². The van der Waals surface area contributed by atoms with Gasteiger partial charge in [-0.15, -0.1) is 0 Å². The van der Waals surface area contributed by atoms with Gasteiger partial charge >= 0.3 is 5.69 Å². The number of ether oxygens (including phenoxy) is 1. The zero-order chi connectivity index (χ0) is 14.0. The van der Waals surface area contributed by atoms with E-state index in [2.05, 4.69) is 0 Å². The summed E-state index contributed by atoms with van der Waals surface area (Å²) in [7, 11) is 0. The van der Waals surface area contributed by atoms with Gasteiger partial charge in [0.05, 0.1) is 9.95 Å². The lowest BCUT2D eigenvalue weighted by Gasteiger charge is -2.08. The molecule has 98 valence electrons. The number of halogens is 3. The number of hydrogen-bond donors (Lipinski definition) is 0. The zero-order valence-corrected chi connectivity index (χ0v) is 10.8.